The van der Waals surface area contributed by atoms with Gasteiger partial charge in [0.2, 0.25) is 0 Å². The first kappa shape index (κ1) is 10.6. The van der Waals surface area contributed by atoms with E-state index in [9.17, 15) is 9.90 Å². The summed E-state index contributed by atoms with van der Waals surface area (Å²) >= 11 is 0. The number of fused-ring (bicyclic) bond motifs is 1. The van der Waals surface area contributed by atoms with Crippen LogP contribution in [0.1, 0.15) is 36.3 Å². The molecule has 90 valence electrons. The summed E-state index contributed by atoms with van der Waals surface area (Å²) in [5.74, 6) is 0.464. The number of phenolic OH excluding ortho intramolecular Hbond substituents is 1. The van der Waals surface area contributed by atoms with Crippen LogP contribution in [-0.4, -0.2) is 18.2 Å². The van der Waals surface area contributed by atoms with Gasteiger partial charge in [-0.05, 0) is 47.9 Å². The van der Waals surface area contributed by atoms with Crippen molar-refractivity contribution >= 4 is 5.97 Å². The van der Waals surface area contributed by atoms with Crippen LogP contribution >= 0.6 is 0 Å². The molecule has 1 spiro atoms. The number of methoxy groups -OCH3 is 1. The monoisotopic (exact) mass is 232 g/mol. The first-order chi connectivity index (χ1) is 8.14. The molecule has 1 saturated carbocycles. The van der Waals surface area contributed by atoms with Crippen molar-refractivity contribution in [2.24, 2.45) is 5.41 Å². The zero-order valence-electron chi connectivity index (χ0n) is 9.90. The van der Waals surface area contributed by atoms with Crippen molar-refractivity contribution in [3.63, 3.8) is 0 Å². The molecule has 3 rings (SSSR count). The first-order valence-electron chi connectivity index (χ1n) is 6.03. The lowest BCUT2D eigenvalue weighted by Crippen LogP contribution is -2.14. The molecule has 1 aromatic carbocycles. The van der Waals surface area contributed by atoms with Crippen molar-refractivity contribution < 1.29 is 14.6 Å². The number of rotatable bonds is 2. The topological polar surface area (TPSA) is 46.5 Å². The van der Waals surface area contributed by atoms with Crippen LogP contribution in [0.5, 0.6) is 5.75 Å². The molecule has 0 aromatic heterocycles. The summed E-state index contributed by atoms with van der Waals surface area (Å²) < 4.78 is 4.78. The number of carbonyl (C=O) groups excluding carboxylic acids is 1. The standard InChI is InChI=1S/C14H16O3/c1-17-13(16)7-12-11-3-2-10(15)6-9(11)8-14(12)4-5-14/h2-3,6,12,15H,4-5,7-8H2,1H3. The Labute approximate surface area is 100 Å². The lowest BCUT2D eigenvalue weighted by Gasteiger charge is -2.18. The number of aromatic hydroxyl groups is 1. The molecule has 3 heteroatoms. The molecule has 3 nitrogen and oxygen atoms in total. The quantitative estimate of drug-likeness (QED) is 0.796. The molecule has 0 amide bonds. The van der Waals surface area contributed by atoms with Crippen molar-refractivity contribution in [1.29, 1.82) is 0 Å². The highest BCUT2D eigenvalue weighted by Gasteiger charge is 2.54. The minimum absolute atomic E-state index is 0.137. The molecule has 0 radical (unpaired) electrons. The fourth-order valence-corrected chi connectivity index (χ4v) is 3.18. The molecule has 1 atom stereocenters. The number of ether oxygens (including phenoxy) is 1. The van der Waals surface area contributed by atoms with Crippen LogP contribution < -0.4 is 0 Å². The van der Waals surface area contributed by atoms with Crippen molar-refractivity contribution in [2.75, 3.05) is 7.11 Å². The lowest BCUT2D eigenvalue weighted by atomic mass is 9.87. The van der Waals surface area contributed by atoms with Crippen molar-refractivity contribution in [2.45, 2.75) is 31.6 Å². The number of hydrogen-bond acceptors (Lipinski definition) is 3. The Balaban J connectivity index is 1.95. The van der Waals surface area contributed by atoms with Crippen molar-refractivity contribution in [3.05, 3.63) is 29.3 Å². The predicted octanol–water partition coefficient (Wildman–Crippen LogP) is 2.38. The summed E-state index contributed by atoms with van der Waals surface area (Å²) in [6.07, 6.45) is 3.83. The van der Waals surface area contributed by atoms with Gasteiger partial charge in [-0.3, -0.25) is 4.79 Å². The number of hydrogen-bond donors (Lipinski definition) is 1. The molecule has 0 bridgehead atoms. The van der Waals surface area contributed by atoms with Crippen LogP contribution in [0.2, 0.25) is 0 Å². The van der Waals surface area contributed by atoms with Crippen LogP contribution in [0.15, 0.2) is 18.2 Å². The minimum atomic E-state index is -0.137. The Morgan fingerprint density at radius 3 is 2.94 bits per heavy atom. The largest absolute Gasteiger partial charge is 0.508 e. The highest BCUT2D eigenvalue weighted by atomic mass is 16.5. The molecule has 1 unspecified atom stereocenters. The highest BCUT2D eigenvalue weighted by Crippen LogP contribution is 2.64. The molecule has 0 aliphatic heterocycles. The lowest BCUT2D eigenvalue weighted by molar-refractivity contribution is -0.141. The molecule has 17 heavy (non-hydrogen) atoms. The molecule has 1 fully saturated rings. The van der Waals surface area contributed by atoms with Crippen LogP contribution in [-0.2, 0) is 16.0 Å². The first-order valence-corrected chi connectivity index (χ1v) is 6.03. The number of carbonyl (C=O) groups is 1. The van der Waals surface area contributed by atoms with E-state index in [0.29, 0.717) is 12.2 Å². The highest BCUT2D eigenvalue weighted by molar-refractivity contribution is 5.71. The van der Waals surface area contributed by atoms with Crippen LogP contribution in [0, 0.1) is 5.41 Å². The van der Waals surface area contributed by atoms with Gasteiger partial charge in [0.15, 0.2) is 0 Å². The molecule has 1 aromatic rings. The van der Waals surface area contributed by atoms with Crippen molar-refractivity contribution in [3.8, 4) is 5.75 Å². The molecule has 2 aliphatic rings. The van der Waals surface area contributed by atoms with Gasteiger partial charge < -0.3 is 9.84 Å². The van der Waals surface area contributed by atoms with E-state index < -0.39 is 0 Å². The van der Waals surface area contributed by atoms with Gasteiger partial charge in [0, 0.05) is 5.92 Å². The van der Waals surface area contributed by atoms with Gasteiger partial charge in [0.25, 0.3) is 0 Å². The molecule has 0 saturated heterocycles. The molecule has 1 N–H and O–H groups in total. The molecular formula is C14H16O3. The number of benzene rings is 1. The number of esters is 1. The van der Waals surface area contributed by atoms with Gasteiger partial charge in [-0.15, -0.1) is 0 Å². The normalized spacial score (nSPS) is 23.5. The second-order valence-corrected chi connectivity index (χ2v) is 5.26. The Hall–Kier alpha value is -1.51. The third-order valence-corrected chi connectivity index (χ3v) is 4.27. The summed E-state index contributed by atoms with van der Waals surface area (Å²) in [5, 5.41) is 9.51. The second-order valence-electron chi connectivity index (χ2n) is 5.26. The van der Waals surface area contributed by atoms with Crippen LogP contribution in [0.3, 0.4) is 0 Å². The SMILES string of the molecule is COC(=O)CC1c2ccc(O)cc2CC12CC2. The van der Waals surface area contributed by atoms with E-state index in [0.717, 1.165) is 6.42 Å². The maximum Gasteiger partial charge on any atom is 0.306 e. The fraction of sp³-hybridized carbons (Fsp3) is 0.500. The summed E-state index contributed by atoms with van der Waals surface area (Å²) in [5.41, 5.74) is 2.71. The van der Waals surface area contributed by atoms with Gasteiger partial charge in [-0.25, -0.2) is 0 Å². The Kier molecular flexibility index (Phi) is 2.18. The Morgan fingerprint density at radius 1 is 1.53 bits per heavy atom. The molecule has 2 aliphatic carbocycles. The fourth-order valence-electron chi connectivity index (χ4n) is 3.18. The Bertz CT molecular complexity index is 474. The summed E-state index contributed by atoms with van der Waals surface area (Å²) in [6, 6.07) is 5.52. The summed E-state index contributed by atoms with van der Waals surface area (Å²) in [4.78, 5) is 11.5. The van der Waals surface area contributed by atoms with E-state index in [1.54, 1.807) is 6.07 Å². The van der Waals surface area contributed by atoms with E-state index in [1.165, 1.54) is 31.1 Å². The predicted molar refractivity (Wildman–Crippen MR) is 62.9 cm³/mol. The van der Waals surface area contributed by atoms with Crippen LogP contribution in [0.4, 0.5) is 0 Å². The zero-order valence-corrected chi connectivity index (χ0v) is 9.90. The minimum Gasteiger partial charge on any atom is -0.508 e. The maximum absolute atomic E-state index is 11.5. The van der Waals surface area contributed by atoms with E-state index >= 15 is 0 Å². The van der Waals surface area contributed by atoms with Gasteiger partial charge >= 0.3 is 5.97 Å². The smallest absolute Gasteiger partial charge is 0.306 e. The second kappa shape index (κ2) is 3.49. The van der Waals surface area contributed by atoms with E-state index in [-0.39, 0.29) is 17.3 Å². The molecule has 0 heterocycles. The third-order valence-electron chi connectivity index (χ3n) is 4.27. The molecular weight excluding hydrogens is 216 g/mol. The van der Waals surface area contributed by atoms with E-state index in [2.05, 4.69) is 0 Å². The van der Waals surface area contributed by atoms with Gasteiger partial charge in [0.05, 0.1) is 13.5 Å². The van der Waals surface area contributed by atoms with Gasteiger partial charge in [0.1, 0.15) is 5.75 Å². The zero-order chi connectivity index (χ0) is 12.0. The Morgan fingerprint density at radius 2 is 2.29 bits per heavy atom. The third kappa shape index (κ3) is 1.61. The average Bonchev–Trinajstić information content (AvgIpc) is 3.00. The van der Waals surface area contributed by atoms with Crippen LogP contribution in [0.25, 0.3) is 0 Å². The summed E-state index contributed by atoms with van der Waals surface area (Å²) in [7, 11) is 1.44. The summed E-state index contributed by atoms with van der Waals surface area (Å²) in [6.45, 7) is 0. The van der Waals surface area contributed by atoms with Crippen molar-refractivity contribution in [1.82, 2.24) is 0 Å². The average molecular weight is 232 g/mol. The number of phenols is 1. The van der Waals surface area contributed by atoms with E-state index in [4.69, 9.17) is 4.74 Å². The van der Waals surface area contributed by atoms with Gasteiger partial charge in [-0.1, -0.05) is 6.07 Å². The van der Waals surface area contributed by atoms with E-state index in [1.807, 2.05) is 12.1 Å². The van der Waals surface area contributed by atoms with Gasteiger partial charge in [-0.2, -0.15) is 0 Å². The maximum atomic E-state index is 11.5.